The van der Waals surface area contributed by atoms with Crippen LogP contribution < -0.4 is 14.4 Å². The average molecular weight is 402 g/mol. The lowest BCUT2D eigenvalue weighted by molar-refractivity contribution is 0.122. The largest absolute Gasteiger partial charge is 0.497 e. The van der Waals surface area contributed by atoms with Crippen LogP contribution in [0.3, 0.4) is 0 Å². The number of ether oxygens (including phenoxy) is 3. The molecule has 0 bridgehead atoms. The van der Waals surface area contributed by atoms with Crippen molar-refractivity contribution in [1.82, 2.24) is 0 Å². The molecule has 0 aliphatic carbocycles. The van der Waals surface area contributed by atoms with Gasteiger partial charge in [-0.25, -0.2) is 0 Å². The fourth-order valence-electron chi connectivity index (χ4n) is 3.37. The van der Waals surface area contributed by atoms with E-state index < -0.39 is 0 Å². The Morgan fingerprint density at radius 3 is 2.40 bits per heavy atom. The molecule has 5 heteroatoms. The highest BCUT2D eigenvalue weighted by Gasteiger charge is 2.11. The van der Waals surface area contributed by atoms with Gasteiger partial charge in [-0.3, -0.25) is 4.99 Å². The van der Waals surface area contributed by atoms with E-state index in [1.807, 2.05) is 54.7 Å². The van der Waals surface area contributed by atoms with Gasteiger partial charge in [0.05, 0.1) is 26.0 Å². The predicted octanol–water partition coefficient (Wildman–Crippen LogP) is 5.38. The van der Waals surface area contributed by atoms with Gasteiger partial charge in [-0.2, -0.15) is 0 Å². The van der Waals surface area contributed by atoms with Crippen molar-refractivity contribution in [1.29, 1.82) is 0 Å². The van der Waals surface area contributed by atoms with Crippen LogP contribution in [0.4, 0.5) is 11.4 Å². The summed E-state index contributed by atoms with van der Waals surface area (Å²) in [6.07, 6.45) is 1.91. The summed E-state index contributed by atoms with van der Waals surface area (Å²) < 4.78 is 16.6. The van der Waals surface area contributed by atoms with Crippen LogP contribution in [0.2, 0.25) is 0 Å². The lowest BCUT2D eigenvalue weighted by Gasteiger charge is -2.29. The van der Waals surface area contributed by atoms with Gasteiger partial charge >= 0.3 is 0 Å². The number of morpholine rings is 1. The summed E-state index contributed by atoms with van der Waals surface area (Å²) in [5.74, 6) is 2.26. The Morgan fingerprint density at radius 2 is 1.67 bits per heavy atom. The minimum absolute atomic E-state index is 0.738. The van der Waals surface area contributed by atoms with Gasteiger partial charge in [0.1, 0.15) is 17.2 Å². The molecule has 154 valence electrons. The summed E-state index contributed by atoms with van der Waals surface area (Å²) in [6.45, 7) is 5.59. The van der Waals surface area contributed by atoms with Gasteiger partial charge in [-0.1, -0.05) is 12.1 Å². The van der Waals surface area contributed by atoms with E-state index in [0.717, 1.165) is 54.8 Å². The van der Waals surface area contributed by atoms with E-state index >= 15 is 0 Å². The Balaban J connectivity index is 1.41. The van der Waals surface area contributed by atoms with Crippen LogP contribution in [-0.4, -0.2) is 39.6 Å². The minimum atomic E-state index is 0.738. The molecule has 3 aromatic carbocycles. The summed E-state index contributed by atoms with van der Waals surface area (Å²) in [5, 5.41) is 0. The fourth-order valence-corrected chi connectivity index (χ4v) is 3.37. The van der Waals surface area contributed by atoms with Crippen LogP contribution >= 0.6 is 0 Å². The van der Waals surface area contributed by atoms with Crippen LogP contribution in [0.25, 0.3) is 0 Å². The molecule has 0 unspecified atom stereocenters. The molecule has 0 N–H and O–H groups in total. The first-order chi connectivity index (χ1) is 14.7. The third kappa shape index (κ3) is 4.99. The normalized spacial score (nSPS) is 14.1. The van der Waals surface area contributed by atoms with E-state index in [0.29, 0.717) is 0 Å². The molecule has 0 aromatic heterocycles. The number of aliphatic imine (C=N–C) groups is 1. The number of rotatable bonds is 6. The molecule has 4 rings (SSSR count). The average Bonchev–Trinajstić information content (AvgIpc) is 2.80. The lowest BCUT2D eigenvalue weighted by atomic mass is 10.1. The highest BCUT2D eigenvalue weighted by molar-refractivity contribution is 5.84. The quantitative estimate of drug-likeness (QED) is 0.519. The zero-order valence-corrected chi connectivity index (χ0v) is 17.4. The van der Waals surface area contributed by atoms with Crippen molar-refractivity contribution >= 4 is 17.6 Å². The Bertz CT molecular complexity index is 1010. The third-order valence-electron chi connectivity index (χ3n) is 5.10. The molecular weight excluding hydrogens is 376 g/mol. The third-order valence-corrected chi connectivity index (χ3v) is 5.10. The summed E-state index contributed by atoms with van der Waals surface area (Å²) in [5.41, 5.74) is 4.45. The Kier molecular flexibility index (Phi) is 6.30. The highest BCUT2D eigenvalue weighted by Crippen LogP contribution is 2.27. The van der Waals surface area contributed by atoms with Crippen LogP contribution in [0, 0.1) is 6.92 Å². The zero-order valence-electron chi connectivity index (χ0n) is 17.4. The number of methoxy groups -OCH3 is 1. The van der Waals surface area contributed by atoms with E-state index in [2.05, 4.69) is 35.0 Å². The first-order valence-electron chi connectivity index (χ1n) is 10.1. The van der Waals surface area contributed by atoms with Crippen molar-refractivity contribution in [2.75, 3.05) is 38.3 Å². The molecule has 0 radical (unpaired) electrons. The van der Waals surface area contributed by atoms with Crippen molar-refractivity contribution in [2.45, 2.75) is 6.92 Å². The predicted molar refractivity (Wildman–Crippen MR) is 121 cm³/mol. The maximum absolute atomic E-state index is 5.88. The fraction of sp³-hybridized carbons (Fsp3) is 0.240. The first kappa shape index (κ1) is 20.0. The van der Waals surface area contributed by atoms with Gasteiger partial charge in [-0.05, 0) is 66.6 Å². The maximum Gasteiger partial charge on any atom is 0.131 e. The smallest absolute Gasteiger partial charge is 0.131 e. The second-order valence-electron chi connectivity index (χ2n) is 7.17. The summed E-state index contributed by atoms with van der Waals surface area (Å²) in [4.78, 5) is 6.98. The summed E-state index contributed by atoms with van der Waals surface area (Å²) >= 11 is 0. The number of hydrogen-bond acceptors (Lipinski definition) is 5. The minimum Gasteiger partial charge on any atom is -0.497 e. The maximum atomic E-state index is 5.88. The standard InChI is InChI=1S/C25H26N2O3/c1-19-16-22(27-12-14-29-15-13-27)9-6-20(19)18-26-21-7-10-23(11-8-21)30-25-5-3-4-24(17-25)28-2/h3-11,16-18H,12-15H2,1-2H3. The molecule has 1 fully saturated rings. The van der Waals surface area contributed by atoms with Crippen molar-refractivity contribution in [3.63, 3.8) is 0 Å². The zero-order chi connectivity index (χ0) is 20.8. The molecule has 5 nitrogen and oxygen atoms in total. The van der Waals surface area contributed by atoms with E-state index in [9.17, 15) is 0 Å². The number of nitrogens with zero attached hydrogens (tertiary/aromatic N) is 2. The number of anilines is 1. The van der Waals surface area contributed by atoms with Crippen LogP contribution in [-0.2, 0) is 4.74 Å². The molecule has 1 saturated heterocycles. The Morgan fingerprint density at radius 1 is 0.900 bits per heavy atom. The van der Waals surface area contributed by atoms with Crippen molar-refractivity contribution < 1.29 is 14.2 Å². The lowest BCUT2D eigenvalue weighted by Crippen LogP contribution is -2.36. The number of hydrogen-bond donors (Lipinski definition) is 0. The van der Waals surface area contributed by atoms with Crippen molar-refractivity contribution in [3.05, 3.63) is 77.9 Å². The Hall–Kier alpha value is -3.31. The molecular formula is C25H26N2O3. The van der Waals surface area contributed by atoms with Gasteiger partial charge in [-0.15, -0.1) is 0 Å². The van der Waals surface area contributed by atoms with E-state index in [-0.39, 0.29) is 0 Å². The molecule has 0 atom stereocenters. The van der Waals surface area contributed by atoms with Gasteiger partial charge in [0.2, 0.25) is 0 Å². The van der Waals surface area contributed by atoms with E-state index in [1.165, 1.54) is 11.3 Å². The molecule has 30 heavy (non-hydrogen) atoms. The van der Waals surface area contributed by atoms with E-state index in [1.54, 1.807) is 7.11 Å². The molecule has 0 saturated carbocycles. The van der Waals surface area contributed by atoms with Crippen LogP contribution in [0.1, 0.15) is 11.1 Å². The molecule has 1 aliphatic heterocycles. The number of benzene rings is 3. The first-order valence-corrected chi connectivity index (χ1v) is 10.1. The van der Waals surface area contributed by atoms with Crippen LogP contribution in [0.15, 0.2) is 71.7 Å². The second kappa shape index (κ2) is 9.46. The molecule has 0 spiro atoms. The monoisotopic (exact) mass is 402 g/mol. The molecule has 0 amide bonds. The molecule has 1 heterocycles. The summed E-state index contributed by atoms with van der Waals surface area (Å²) in [7, 11) is 1.64. The summed E-state index contributed by atoms with van der Waals surface area (Å²) in [6, 6.07) is 21.8. The number of aryl methyl sites for hydroxylation is 1. The molecule has 3 aromatic rings. The SMILES string of the molecule is COc1cccc(Oc2ccc(N=Cc3ccc(N4CCOCC4)cc3C)cc2)c1. The van der Waals surface area contributed by atoms with Gasteiger partial charge in [0.15, 0.2) is 0 Å². The van der Waals surface area contributed by atoms with Crippen molar-refractivity contribution in [2.24, 2.45) is 4.99 Å². The highest BCUT2D eigenvalue weighted by atomic mass is 16.5. The van der Waals surface area contributed by atoms with Gasteiger partial charge in [0.25, 0.3) is 0 Å². The molecule has 1 aliphatic rings. The Labute approximate surface area is 177 Å². The van der Waals surface area contributed by atoms with Gasteiger partial charge < -0.3 is 19.1 Å². The van der Waals surface area contributed by atoms with Crippen LogP contribution in [0.5, 0.6) is 17.2 Å². The van der Waals surface area contributed by atoms with Crippen molar-refractivity contribution in [3.8, 4) is 17.2 Å². The topological polar surface area (TPSA) is 43.3 Å². The van der Waals surface area contributed by atoms with E-state index in [4.69, 9.17) is 14.2 Å². The van der Waals surface area contributed by atoms with Gasteiger partial charge in [0, 0.05) is 31.1 Å². The second-order valence-corrected chi connectivity index (χ2v) is 7.17.